The number of allylic oxidation sites excluding steroid dienone is 1. The minimum absolute atomic E-state index is 0.0141. The second-order valence-corrected chi connectivity index (χ2v) is 7.11. The van der Waals surface area contributed by atoms with Gasteiger partial charge < -0.3 is 10.1 Å². The largest absolute Gasteiger partial charge is 0.463 e. The third-order valence-corrected chi connectivity index (χ3v) is 4.99. The molecule has 0 fully saturated rings. The van der Waals surface area contributed by atoms with Crippen LogP contribution in [0.25, 0.3) is 0 Å². The molecule has 0 radical (unpaired) electrons. The number of hydrogen-bond acceptors (Lipinski definition) is 4. The third kappa shape index (κ3) is 4.82. The number of esters is 1. The van der Waals surface area contributed by atoms with Crippen LogP contribution in [-0.2, 0) is 25.3 Å². The summed E-state index contributed by atoms with van der Waals surface area (Å²) in [7, 11) is 0. The van der Waals surface area contributed by atoms with E-state index in [0.717, 1.165) is 18.2 Å². The van der Waals surface area contributed by atoms with Crippen LogP contribution in [-0.4, -0.2) is 24.4 Å². The van der Waals surface area contributed by atoms with Gasteiger partial charge in [-0.05, 0) is 44.2 Å². The standard InChI is InChI=1S/C23H21F3N2O4/c1-3-32-22(31)20-14(2)28(17-10-5-4-6-11-17)19(29)13-18(20)21(30)27-16-9-7-8-15(12-16)23(24,25)26/h4-12,18H,3,13H2,1-2H3,(H,27,30)/t18-/m0/s1. The monoisotopic (exact) mass is 446 g/mol. The Balaban J connectivity index is 1.97. The molecule has 1 atom stereocenters. The van der Waals surface area contributed by atoms with Crippen LogP contribution >= 0.6 is 0 Å². The number of rotatable bonds is 5. The van der Waals surface area contributed by atoms with Gasteiger partial charge in [0.25, 0.3) is 0 Å². The number of benzene rings is 2. The maximum absolute atomic E-state index is 13.0. The van der Waals surface area contributed by atoms with Crippen molar-refractivity contribution >= 4 is 29.2 Å². The Morgan fingerprint density at radius 1 is 1.12 bits per heavy atom. The number of carbonyl (C=O) groups is 3. The molecule has 6 nitrogen and oxygen atoms in total. The van der Waals surface area contributed by atoms with Gasteiger partial charge in [-0.15, -0.1) is 0 Å². The van der Waals surface area contributed by atoms with Gasteiger partial charge in [-0.25, -0.2) is 4.79 Å². The molecule has 2 amide bonds. The minimum atomic E-state index is -4.58. The van der Waals surface area contributed by atoms with E-state index >= 15 is 0 Å². The van der Waals surface area contributed by atoms with Crippen molar-refractivity contribution < 1.29 is 32.3 Å². The number of nitrogens with one attached hydrogen (secondary N) is 1. The molecule has 0 aromatic heterocycles. The van der Waals surface area contributed by atoms with E-state index in [0.29, 0.717) is 5.69 Å². The molecule has 0 bridgehead atoms. The van der Waals surface area contributed by atoms with Gasteiger partial charge in [-0.2, -0.15) is 13.2 Å². The van der Waals surface area contributed by atoms with E-state index in [4.69, 9.17) is 4.74 Å². The SMILES string of the molecule is CCOC(=O)C1=C(C)N(c2ccccc2)C(=O)C[C@@H]1C(=O)Nc1cccc(C(F)(F)F)c1. The number of alkyl halides is 3. The van der Waals surface area contributed by atoms with Crippen LogP contribution in [0.1, 0.15) is 25.8 Å². The molecule has 1 heterocycles. The van der Waals surface area contributed by atoms with Crippen molar-refractivity contribution in [1.29, 1.82) is 0 Å². The first-order chi connectivity index (χ1) is 15.1. The second-order valence-electron chi connectivity index (χ2n) is 7.11. The highest BCUT2D eigenvalue weighted by molar-refractivity contribution is 6.10. The maximum atomic E-state index is 13.0. The fourth-order valence-corrected chi connectivity index (χ4v) is 3.57. The molecule has 0 saturated carbocycles. The molecule has 168 valence electrons. The molecule has 1 aliphatic rings. The average Bonchev–Trinajstić information content (AvgIpc) is 2.73. The van der Waals surface area contributed by atoms with Gasteiger partial charge in [0, 0.05) is 23.5 Å². The molecule has 9 heteroatoms. The first kappa shape index (κ1) is 23.1. The van der Waals surface area contributed by atoms with Crippen LogP contribution in [0.2, 0.25) is 0 Å². The van der Waals surface area contributed by atoms with Gasteiger partial charge in [0.15, 0.2) is 0 Å². The van der Waals surface area contributed by atoms with Gasteiger partial charge >= 0.3 is 12.1 Å². The normalized spacial score (nSPS) is 16.7. The van der Waals surface area contributed by atoms with Gasteiger partial charge in [0.1, 0.15) is 0 Å². The summed E-state index contributed by atoms with van der Waals surface area (Å²) in [5, 5.41) is 2.40. The molecule has 1 aliphatic heterocycles. The van der Waals surface area contributed by atoms with Crippen molar-refractivity contribution in [2.24, 2.45) is 5.92 Å². The zero-order valence-corrected chi connectivity index (χ0v) is 17.4. The summed E-state index contributed by atoms with van der Waals surface area (Å²) in [5.41, 5.74) is -0.283. The summed E-state index contributed by atoms with van der Waals surface area (Å²) in [6, 6.07) is 12.7. The van der Waals surface area contributed by atoms with Gasteiger partial charge in [0.2, 0.25) is 11.8 Å². The topological polar surface area (TPSA) is 75.7 Å². The summed E-state index contributed by atoms with van der Waals surface area (Å²) >= 11 is 0. The van der Waals surface area contributed by atoms with Crippen LogP contribution in [0.4, 0.5) is 24.5 Å². The van der Waals surface area contributed by atoms with Crippen LogP contribution in [0.3, 0.4) is 0 Å². The van der Waals surface area contributed by atoms with Gasteiger partial charge in [-0.1, -0.05) is 24.3 Å². The minimum Gasteiger partial charge on any atom is -0.463 e. The maximum Gasteiger partial charge on any atom is 0.416 e. The van der Waals surface area contributed by atoms with E-state index in [-0.39, 0.29) is 30.0 Å². The molecular formula is C23H21F3N2O4. The Labute approximate surface area is 182 Å². The number of nitrogens with zero attached hydrogens (tertiary/aromatic N) is 1. The summed E-state index contributed by atoms with van der Waals surface area (Å²) in [4.78, 5) is 39.9. The second kappa shape index (κ2) is 9.25. The lowest BCUT2D eigenvalue weighted by atomic mass is 9.88. The molecule has 0 aliphatic carbocycles. The van der Waals surface area contributed by atoms with Crippen molar-refractivity contribution in [3.8, 4) is 0 Å². The number of para-hydroxylation sites is 1. The third-order valence-electron chi connectivity index (χ3n) is 4.99. The zero-order chi connectivity index (χ0) is 23.5. The fraction of sp³-hybridized carbons (Fsp3) is 0.261. The number of hydrogen-bond donors (Lipinski definition) is 1. The number of amides is 2. The van der Waals surface area contributed by atoms with E-state index < -0.39 is 35.4 Å². The Kier molecular flexibility index (Phi) is 6.67. The molecule has 0 spiro atoms. The van der Waals surface area contributed by atoms with Gasteiger partial charge in [-0.3, -0.25) is 14.5 Å². The highest BCUT2D eigenvalue weighted by atomic mass is 19.4. The predicted octanol–water partition coefficient (Wildman–Crippen LogP) is 4.53. The molecule has 3 rings (SSSR count). The molecule has 0 unspecified atom stereocenters. The number of halogens is 3. The molecule has 32 heavy (non-hydrogen) atoms. The van der Waals surface area contributed by atoms with E-state index in [1.807, 2.05) is 0 Å². The first-order valence-electron chi connectivity index (χ1n) is 9.87. The van der Waals surface area contributed by atoms with Crippen LogP contribution in [0.5, 0.6) is 0 Å². The van der Waals surface area contributed by atoms with Crippen molar-refractivity contribution in [2.45, 2.75) is 26.4 Å². The number of anilines is 2. The summed E-state index contributed by atoms with van der Waals surface area (Å²) < 4.78 is 44.1. The number of ether oxygens (including phenoxy) is 1. The summed E-state index contributed by atoms with van der Waals surface area (Å²) in [5.74, 6) is -3.17. The molecular weight excluding hydrogens is 425 g/mol. The van der Waals surface area contributed by atoms with E-state index in [1.54, 1.807) is 37.3 Å². The molecule has 2 aromatic carbocycles. The first-order valence-corrected chi connectivity index (χ1v) is 9.87. The van der Waals surface area contributed by atoms with Crippen LogP contribution < -0.4 is 10.2 Å². The Bertz CT molecular complexity index is 1060. The van der Waals surface area contributed by atoms with E-state index in [2.05, 4.69) is 5.32 Å². The smallest absolute Gasteiger partial charge is 0.416 e. The average molecular weight is 446 g/mol. The van der Waals surface area contributed by atoms with Crippen LogP contribution in [0.15, 0.2) is 65.9 Å². The van der Waals surface area contributed by atoms with E-state index in [1.165, 1.54) is 17.9 Å². The van der Waals surface area contributed by atoms with Crippen molar-refractivity contribution in [2.75, 3.05) is 16.8 Å². The van der Waals surface area contributed by atoms with E-state index in [9.17, 15) is 27.6 Å². The van der Waals surface area contributed by atoms with Gasteiger partial charge in [0.05, 0.1) is 23.7 Å². The number of carbonyl (C=O) groups excluding carboxylic acids is 3. The Morgan fingerprint density at radius 2 is 1.81 bits per heavy atom. The highest BCUT2D eigenvalue weighted by Gasteiger charge is 2.40. The zero-order valence-electron chi connectivity index (χ0n) is 17.4. The predicted molar refractivity (Wildman–Crippen MR) is 111 cm³/mol. The highest BCUT2D eigenvalue weighted by Crippen LogP contribution is 2.35. The van der Waals surface area contributed by atoms with Crippen molar-refractivity contribution in [1.82, 2.24) is 0 Å². The van der Waals surface area contributed by atoms with Crippen LogP contribution in [0, 0.1) is 5.92 Å². The van der Waals surface area contributed by atoms with Crippen molar-refractivity contribution in [3.63, 3.8) is 0 Å². The lowest BCUT2D eigenvalue weighted by Crippen LogP contribution is -2.43. The lowest BCUT2D eigenvalue weighted by Gasteiger charge is -2.33. The molecule has 2 aromatic rings. The molecule has 0 saturated heterocycles. The fourth-order valence-electron chi connectivity index (χ4n) is 3.57. The van der Waals surface area contributed by atoms with Crippen molar-refractivity contribution in [3.05, 3.63) is 71.4 Å². The quantitative estimate of drug-likeness (QED) is 0.685. The summed E-state index contributed by atoms with van der Waals surface area (Å²) in [6.07, 6.45) is -4.92. The molecule has 1 N–H and O–H groups in total. The Morgan fingerprint density at radius 3 is 2.44 bits per heavy atom. The lowest BCUT2D eigenvalue weighted by molar-refractivity contribution is -0.141. The summed E-state index contributed by atoms with van der Waals surface area (Å²) in [6.45, 7) is 3.19. The Hall–Kier alpha value is -3.62.